The molecule has 0 heterocycles. The van der Waals surface area contributed by atoms with Crippen LogP contribution in [0.2, 0.25) is 0 Å². The summed E-state index contributed by atoms with van der Waals surface area (Å²) < 4.78 is 17.9. The number of carbonyl (C=O) groups is 5. The Hall–Kier alpha value is -5.03. The predicted molar refractivity (Wildman–Crippen MR) is 193 cm³/mol. The van der Waals surface area contributed by atoms with Crippen molar-refractivity contribution < 1.29 is 43.3 Å². The Bertz CT molecular complexity index is 1960. The van der Waals surface area contributed by atoms with Gasteiger partial charge in [-0.25, -0.2) is 9.59 Å². The Morgan fingerprint density at radius 3 is 2.31 bits per heavy atom. The molecule has 2 saturated carbocycles. The first kappa shape index (κ1) is 36.8. The highest BCUT2D eigenvalue weighted by molar-refractivity contribution is 6.10. The van der Waals surface area contributed by atoms with Crippen LogP contribution in [0.5, 0.6) is 0 Å². The zero-order valence-corrected chi connectivity index (χ0v) is 30.5. The molecule has 4 aliphatic carbocycles. The molecule has 6 rings (SSSR count). The lowest BCUT2D eigenvalue weighted by atomic mass is 9.59. The first-order valence-corrected chi connectivity index (χ1v) is 17.6. The number of rotatable bonds is 8. The van der Waals surface area contributed by atoms with Crippen molar-refractivity contribution in [3.63, 3.8) is 0 Å². The number of esters is 3. The fourth-order valence-corrected chi connectivity index (χ4v) is 9.11. The summed E-state index contributed by atoms with van der Waals surface area (Å²) in [5.74, 6) is -4.24. The number of aliphatic hydroxyl groups is 1. The van der Waals surface area contributed by atoms with Gasteiger partial charge < -0.3 is 30.4 Å². The van der Waals surface area contributed by atoms with Gasteiger partial charge in [0.05, 0.1) is 22.2 Å². The zero-order chi connectivity index (χ0) is 37.9. The molecular weight excluding hydrogens is 664 g/mol. The normalized spacial score (nSPS) is 31.4. The van der Waals surface area contributed by atoms with Gasteiger partial charge >= 0.3 is 17.9 Å². The van der Waals surface area contributed by atoms with Crippen molar-refractivity contribution >= 4 is 41.0 Å². The molecule has 4 N–H and O–H groups in total. The minimum atomic E-state index is -2.34. The topological polar surface area (TPSA) is 171 Å². The minimum Gasteiger partial charge on any atom is -0.458 e. The molecule has 2 fully saturated rings. The van der Waals surface area contributed by atoms with Crippen LogP contribution < -0.4 is 11.1 Å². The van der Waals surface area contributed by atoms with Crippen molar-refractivity contribution in [2.75, 3.05) is 17.7 Å². The number of nitrogen functional groups attached to an aromatic ring is 1. The van der Waals surface area contributed by atoms with Gasteiger partial charge in [0.1, 0.15) is 6.61 Å². The SMILES string of the molecule is CC=C(C)C(=O)OCC1=CC2C(=O)C3(C=C(C)C(OC(C)=O)C3(O)C1OC(=O)c1ccccc1NC(=O)c1ccccc1N)C(C)CC1C2C1(C)C. The number of nitrogens with two attached hydrogens (primary N) is 1. The van der Waals surface area contributed by atoms with Gasteiger partial charge in [0.15, 0.2) is 23.6 Å². The van der Waals surface area contributed by atoms with Crippen LogP contribution in [0, 0.1) is 34.5 Å². The van der Waals surface area contributed by atoms with E-state index in [4.69, 9.17) is 19.9 Å². The average Bonchev–Trinajstić information content (AvgIpc) is 3.60. The third kappa shape index (κ3) is 5.66. The standard InChI is InChI=1S/C41H46N2O9/c1-8-21(2)37(47)50-20-25-18-28-32-29(39(32,6)7)17-23(4)40(33(28)45)19-22(3)34(51-24(5)44)41(40,49)35(25)52-38(48)27-14-10-12-16-31(27)43-36(46)26-13-9-11-15-30(26)42/h8-16,18-19,23,28-29,32,34-35,49H,17,20,42H2,1-7H3,(H,43,46). The largest absolute Gasteiger partial charge is 0.458 e. The maximum atomic E-state index is 15.1. The summed E-state index contributed by atoms with van der Waals surface area (Å²) in [7, 11) is 0. The van der Waals surface area contributed by atoms with Gasteiger partial charge in [-0.2, -0.15) is 0 Å². The van der Waals surface area contributed by atoms with Crippen LogP contribution in [0.3, 0.4) is 0 Å². The van der Waals surface area contributed by atoms with Crippen LogP contribution in [0.4, 0.5) is 11.4 Å². The van der Waals surface area contributed by atoms with E-state index in [9.17, 15) is 24.3 Å². The van der Waals surface area contributed by atoms with Crippen molar-refractivity contribution in [1.29, 1.82) is 0 Å². The van der Waals surface area contributed by atoms with E-state index >= 15 is 4.79 Å². The first-order chi connectivity index (χ1) is 24.5. The molecule has 0 radical (unpaired) electrons. The number of ether oxygens (including phenoxy) is 3. The van der Waals surface area contributed by atoms with Gasteiger partial charge in [-0.15, -0.1) is 0 Å². The summed E-state index contributed by atoms with van der Waals surface area (Å²) in [4.78, 5) is 68.5. The summed E-state index contributed by atoms with van der Waals surface area (Å²) in [5, 5.41) is 16.1. The molecule has 0 aliphatic heterocycles. The molecule has 11 heteroatoms. The molecule has 2 bridgehead atoms. The van der Waals surface area contributed by atoms with Gasteiger partial charge in [-0.05, 0) is 80.2 Å². The monoisotopic (exact) mass is 710 g/mol. The van der Waals surface area contributed by atoms with Crippen LogP contribution in [0.15, 0.2) is 83.5 Å². The second kappa shape index (κ2) is 13.2. The van der Waals surface area contributed by atoms with Crippen molar-refractivity contribution in [2.45, 2.75) is 72.7 Å². The van der Waals surface area contributed by atoms with Crippen LogP contribution in [0.25, 0.3) is 0 Å². The average molecular weight is 711 g/mol. The predicted octanol–water partition coefficient (Wildman–Crippen LogP) is 5.60. The highest BCUT2D eigenvalue weighted by Crippen LogP contribution is 2.72. The Kier molecular flexibility index (Phi) is 9.32. The molecule has 52 heavy (non-hydrogen) atoms. The molecule has 8 atom stereocenters. The third-order valence-corrected chi connectivity index (χ3v) is 11.9. The fraction of sp³-hybridized carbons (Fsp3) is 0.439. The number of para-hydroxylation sites is 2. The summed E-state index contributed by atoms with van der Waals surface area (Å²) >= 11 is 0. The van der Waals surface area contributed by atoms with E-state index in [2.05, 4.69) is 19.2 Å². The molecule has 0 saturated heterocycles. The highest BCUT2D eigenvalue weighted by atomic mass is 16.6. The number of allylic oxidation sites excluding steroid dienone is 2. The van der Waals surface area contributed by atoms with Gasteiger partial charge in [-0.3, -0.25) is 14.4 Å². The molecule has 2 aromatic carbocycles. The number of anilines is 2. The Morgan fingerprint density at radius 2 is 1.65 bits per heavy atom. The lowest BCUT2D eigenvalue weighted by Crippen LogP contribution is -2.66. The molecule has 4 aliphatic rings. The fourth-order valence-electron chi connectivity index (χ4n) is 9.11. The number of nitrogens with one attached hydrogen (secondary N) is 1. The Morgan fingerprint density at radius 1 is 1.00 bits per heavy atom. The van der Waals surface area contributed by atoms with Crippen LogP contribution in [0.1, 0.15) is 75.6 Å². The van der Waals surface area contributed by atoms with Gasteiger partial charge in [0, 0.05) is 29.7 Å². The number of ketones is 1. The maximum Gasteiger partial charge on any atom is 0.340 e. The van der Waals surface area contributed by atoms with Crippen molar-refractivity contribution in [2.24, 2.45) is 34.5 Å². The van der Waals surface area contributed by atoms with Gasteiger partial charge in [0.2, 0.25) is 0 Å². The lowest BCUT2D eigenvalue weighted by molar-refractivity contribution is -0.203. The molecule has 11 nitrogen and oxygen atoms in total. The van der Waals surface area contributed by atoms with E-state index in [0.717, 1.165) is 0 Å². The number of hydrogen-bond acceptors (Lipinski definition) is 10. The van der Waals surface area contributed by atoms with Crippen LogP contribution in [-0.2, 0) is 28.6 Å². The Labute approximate surface area is 303 Å². The van der Waals surface area contributed by atoms with E-state index in [-0.39, 0.29) is 51.1 Å². The molecular formula is C41H46N2O9. The summed E-state index contributed by atoms with van der Waals surface area (Å²) in [6.45, 7) is 11.9. The number of fused-ring (bicyclic) bond motifs is 3. The smallest absolute Gasteiger partial charge is 0.340 e. The van der Waals surface area contributed by atoms with E-state index in [1.54, 1.807) is 75.4 Å². The van der Waals surface area contributed by atoms with Gasteiger partial charge in [0.25, 0.3) is 5.91 Å². The van der Waals surface area contributed by atoms with Gasteiger partial charge in [-0.1, -0.05) is 63.3 Å². The quantitative estimate of drug-likeness (QED) is 0.103. The molecule has 274 valence electrons. The second-order valence-electron chi connectivity index (χ2n) is 15.2. The number of benzene rings is 2. The van der Waals surface area contributed by atoms with Crippen molar-refractivity contribution in [3.05, 3.63) is 94.6 Å². The summed E-state index contributed by atoms with van der Waals surface area (Å²) in [6.07, 6.45) is 2.56. The van der Waals surface area contributed by atoms with E-state index in [1.807, 2.05) is 6.92 Å². The Balaban J connectivity index is 1.50. The molecule has 8 unspecified atom stereocenters. The first-order valence-electron chi connectivity index (χ1n) is 17.6. The number of amides is 1. The summed E-state index contributed by atoms with van der Waals surface area (Å²) in [6, 6.07) is 12.7. The number of Topliss-reactive ketones (excluding diaryl/α,β-unsaturated/α-hetero) is 1. The second-order valence-corrected chi connectivity index (χ2v) is 15.2. The zero-order valence-electron chi connectivity index (χ0n) is 30.5. The summed E-state index contributed by atoms with van der Waals surface area (Å²) in [5.41, 5.74) is 3.30. The third-order valence-electron chi connectivity index (χ3n) is 11.9. The minimum absolute atomic E-state index is 0.0528. The van der Waals surface area contributed by atoms with E-state index < -0.39 is 65.5 Å². The maximum absolute atomic E-state index is 15.1. The lowest BCUT2D eigenvalue weighted by Gasteiger charge is -2.49. The molecule has 1 amide bonds. The van der Waals surface area contributed by atoms with Crippen molar-refractivity contribution in [3.8, 4) is 0 Å². The number of carbonyl (C=O) groups excluding carboxylic acids is 5. The van der Waals surface area contributed by atoms with E-state index in [1.165, 1.54) is 19.1 Å². The molecule has 0 aromatic heterocycles. The molecule has 1 spiro atoms. The molecule has 2 aromatic rings. The number of hydrogen-bond donors (Lipinski definition) is 3. The van der Waals surface area contributed by atoms with Crippen LogP contribution >= 0.6 is 0 Å². The highest BCUT2D eigenvalue weighted by Gasteiger charge is 2.77. The van der Waals surface area contributed by atoms with Crippen molar-refractivity contribution in [1.82, 2.24) is 0 Å². The van der Waals surface area contributed by atoms with Crippen LogP contribution in [-0.4, -0.2) is 59.1 Å². The van der Waals surface area contributed by atoms with E-state index in [0.29, 0.717) is 17.6 Å².